The Labute approximate surface area is 88.6 Å². The number of hydrogen-bond donors (Lipinski definition) is 1. The van der Waals surface area contributed by atoms with Gasteiger partial charge in [-0.05, 0) is 13.0 Å². The van der Waals surface area contributed by atoms with Crippen LogP contribution in [0.1, 0.15) is 4.88 Å². The van der Waals surface area contributed by atoms with Crippen LogP contribution in [-0.2, 0) is 11.3 Å². The Hall–Kier alpha value is -1.69. The summed E-state index contributed by atoms with van der Waals surface area (Å²) in [6.45, 7) is 1.53. The van der Waals surface area contributed by atoms with E-state index in [1.807, 2.05) is 6.92 Å². The van der Waals surface area contributed by atoms with E-state index < -0.39 is 5.97 Å². The zero-order chi connectivity index (χ0) is 11.0. The maximum atomic E-state index is 11.7. The van der Waals surface area contributed by atoms with Crippen LogP contribution >= 0.6 is 11.3 Å². The van der Waals surface area contributed by atoms with E-state index in [1.165, 1.54) is 17.7 Å². The summed E-state index contributed by atoms with van der Waals surface area (Å²) in [5.74, 6) is -1.05. The van der Waals surface area contributed by atoms with Crippen LogP contribution in [0.25, 0.3) is 10.2 Å². The Morgan fingerprint density at radius 3 is 3.07 bits per heavy atom. The van der Waals surface area contributed by atoms with Crippen LogP contribution in [0.15, 0.2) is 17.2 Å². The van der Waals surface area contributed by atoms with Crippen LogP contribution < -0.4 is 5.56 Å². The first-order valence-electron chi connectivity index (χ1n) is 4.25. The lowest BCUT2D eigenvalue weighted by atomic mass is 10.4. The molecule has 78 valence electrons. The molecule has 0 aliphatic carbocycles. The maximum absolute atomic E-state index is 11.7. The number of rotatable bonds is 2. The van der Waals surface area contributed by atoms with Gasteiger partial charge in [-0.2, -0.15) is 0 Å². The largest absolute Gasteiger partial charge is 0.480 e. The lowest BCUT2D eigenvalue weighted by molar-refractivity contribution is -0.137. The second-order valence-corrected chi connectivity index (χ2v) is 4.38. The molecule has 1 N–H and O–H groups in total. The minimum absolute atomic E-state index is 0.299. The molecule has 2 aromatic rings. The number of aliphatic carboxylic acids is 1. The lowest BCUT2D eigenvalue weighted by Crippen LogP contribution is -2.23. The van der Waals surface area contributed by atoms with Crippen LogP contribution in [0.3, 0.4) is 0 Å². The van der Waals surface area contributed by atoms with E-state index in [0.29, 0.717) is 10.2 Å². The van der Waals surface area contributed by atoms with Crippen molar-refractivity contribution in [1.29, 1.82) is 0 Å². The molecule has 0 saturated carbocycles. The summed E-state index contributed by atoms with van der Waals surface area (Å²) in [6.07, 6.45) is 1.27. The van der Waals surface area contributed by atoms with E-state index >= 15 is 0 Å². The third kappa shape index (κ3) is 1.75. The average Bonchev–Trinajstić information content (AvgIpc) is 2.51. The third-order valence-electron chi connectivity index (χ3n) is 1.95. The summed E-state index contributed by atoms with van der Waals surface area (Å²) in [5.41, 5.74) is -0.299. The van der Waals surface area contributed by atoms with E-state index in [9.17, 15) is 9.59 Å². The number of aryl methyl sites for hydroxylation is 1. The number of aromatic nitrogens is 2. The minimum Gasteiger partial charge on any atom is -0.480 e. The highest BCUT2D eigenvalue weighted by Crippen LogP contribution is 2.19. The Bertz CT molecular complexity index is 585. The molecule has 0 radical (unpaired) electrons. The molecule has 6 heteroatoms. The minimum atomic E-state index is -1.05. The number of carboxylic acids is 1. The summed E-state index contributed by atoms with van der Waals surface area (Å²) < 4.78 is 1.09. The van der Waals surface area contributed by atoms with E-state index in [-0.39, 0.29) is 12.1 Å². The van der Waals surface area contributed by atoms with Crippen molar-refractivity contribution < 1.29 is 9.90 Å². The monoisotopic (exact) mass is 224 g/mol. The highest BCUT2D eigenvalue weighted by molar-refractivity contribution is 7.18. The normalized spacial score (nSPS) is 10.7. The van der Waals surface area contributed by atoms with Gasteiger partial charge in [-0.15, -0.1) is 11.3 Å². The molecule has 0 amide bonds. The molecule has 5 nitrogen and oxygen atoms in total. The van der Waals surface area contributed by atoms with Crippen molar-refractivity contribution in [1.82, 2.24) is 9.55 Å². The summed E-state index contributed by atoms with van der Waals surface area (Å²) in [7, 11) is 0. The van der Waals surface area contributed by atoms with Crippen molar-refractivity contribution in [3.63, 3.8) is 0 Å². The standard InChI is InChI=1S/C9H8N2O3S/c1-5-2-6-8(15-5)10-4-11(9(6)14)3-7(12)13/h2,4H,3H2,1H3,(H,12,13). The summed E-state index contributed by atoms with van der Waals surface area (Å²) in [4.78, 5) is 27.9. The van der Waals surface area contributed by atoms with Crippen LogP contribution in [0, 0.1) is 6.92 Å². The van der Waals surface area contributed by atoms with E-state index in [2.05, 4.69) is 4.98 Å². The first-order valence-corrected chi connectivity index (χ1v) is 5.07. The molecule has 2 aromatic heterocycles. The fourth-order valence-electron chi connectivity index (χ4n) is 1.34. The predicted molar refractivity (Wildman–Crippen MR) is 56.3 cm³/mol. The Balaban J connectivity index is 2.64. The van der Waals surface area contributed by atoms with Crippen molar-refractivity contribution in [3.8, 4) is 0 Å². The van der Waals surface area contributed by atoms with Gasteiger partial charge in [0.2, 0.25) is 0 Å². The van der Waals surface area contributed by atoms with Crippen molar-refractivity contribution in [2.75, 3.05) is 0 Å². The van der Waals surface area contributed by atoms with Crippen LogP contribution in [-0.4, -0.2) is 20.6 Å². The number of thiophene rings is 1. The molecule has 2 heterocycles. The van der Waals surface area contributed by atoms with Gasteiger partial charge in [0.1, 0.15) is 11.4 Å². The second kappa shape index (κ2) is 3.47. The molecule has 0 aliphatic rings. The lowest BCUT2D eigenvalue weighted by Gasteiger charge is -1.99. The SMILES string of the molecule is Cc1cc2c(=O)n(CC(=O)O)cnc2s1. The molecular weight excluding hydrogens is 216 g/mol. The van der Waals surface area contributed by atoms with Crippen molar-refractivity contribution in [3.05, 3.63) is 27.6 Å². The highest BCUT2D eigenvalue weighted by atomic mass is 32.1. The quantitative estimate of drug-likeness (QED) is 0.820. The van der Waals surface area contributed by atoms with E-state index in [4.69, 9.17) is 5.11 Å². The molecule has 0 fully saturated rings. The molecule has 0 bridgehead atoms. The zero-order valence-electron chi connectivity index (χ0n) is 7.93. The van der Waals surface area contributed by atoms with Gasteiger partial charge in [0.25, 0.3) is 5.56 Å². The summed E-state index contributed by atoms with van der Waals surface area (Å²) >= 11 is 1.42. The topological polar surface area (TPSA) is 72.2 Å². The van der Waals surface area contributed by atoms with Crippen molar-refractivity contribution >= 4 is 27.5 Å². The maximum Gasteiger partial charge on any atom is 0.323 e. The Kier molecular flexibility index (Phi) is 2.28. The van der Waals surface area contributed by atoms with Crippen LogP contribution in [0.5, 0.6) is 0 Å². The first kappa shape index (κ1) is 9.85. The number of carboxylic acid groups (broad SMARTS) is 1. The molecule has 2 rings (SSSR count). The highest BCUT2D eigenvalue weighted by Gasteiger charge is 2.08. The predicted octanol–water partition coefficient (Wildman–Crippen LogP) is 0.851. The first-order chi connectivity index (χ1) is 7.08. The van der Waals surface area contributed by atoms with Gasteiger partial charge in [0.05, 0.1) is 11.7 Å². The molecule has 0 spiro atoms. The Morgan fingerprint density at radius 1 is 1.67 bits per heavy atom. The molecule has 0 aromatic carbocycles. The molecule has 15 heavy (non-hydrogen) atoms. The van der Waals surface area contributed by atoms with E-state index in [1.54, 1.807) is 6.07 Å². The van der Waals surface area contributed by atoms with Gasteiger partial charge in [-0.25, -0.2) is 4.98 Å². The van der Waals surface area contributed by atoms with Crippen molar-refractivity contribution in [2.45, 2.75) is 13.5 Å². The molecule has 0 saturated heterocycles. The number of fused-ring (bicyclic) bond motifs is 1. The molecular formula is C9H8N2O3S. The van der Waals surface area contributed by atoms with Gasteiger partial charge in [-0.3, -0.25) is 14.2 Å². The summed E-state index contributed by atoms with van der Waals surface area (Å²) in [6, 6.07) is 1.73. The van der Waals surface area contributed by atoms with Crippen molar-refractivity contribution in [2.24, 2.45) is 0 Å². The van der Waals surface area contributed by atoms with Crippen LogP contribution in [0.2, 0.25) is 0 Å². The zero-order valence-corrected chi connectivity index (χ0v) is 8.74. The molecule has 0 atom stereocenters. The van der Waals surface area contributed by atoms with E-state index in [0.717, 1.165) is 9.44 Å². The van der Waals surface area contributed by atoms with Crippen LogP contribution in [0.4, 0.5) is 0 Å². The van der Waals surface area contributed by atoms with Gasteiger partial charge in [0, 0.05) is 4.88 Å². The average molecular weight is 224 g/mol. The smallest absolute Gasteiger partial charge is 0.323 e. The number of nitrogens with zero attached hydrogens (tertiary/aromatic N) is 2. The van der Waals surface area contributed by atoms with Gasteiger partial charge in [0.15, 0.2) is 0 Å². The second-order valence-electron chi connectivity index (χ2n) is 3.15. The number of hydrogen-bond acceptors (Lipinski definition) is 4. The Morgan fingerprint density at radius 2 is 2.40 bits per heavy atom. The fourth-order valence-corrected chi connectivity index (χ4v) is 2.18. The van der Waals surface area contributed by atoms with Gasteiger partial charge < -0.3 is 5.11 Å². The summed E-state index contributed by atoms with van der Waals surface area (Å²) in [5, 5.41) is 9.07. The van der Waals surface area contributed by atoms with Gasteiger partial charge >= 0.3 is 5.97 Å². The fraction of sp³-hybridized carbons (Fsp3) is 0.222. The van der Waals surface area contributed by atoms with Gasteiger partial charge in [-0.1, -0.05) is 0 Å². The number of carbonyl (C=O) groups is 1. The molecule has 0 unspecified atom stereocenters. The third-order valence-corrected chi connectivity index (χ3v) is 2.91. The molecule has 0 aliphatic heterocycles.